The lowest BCUT2D eigenvalue weighted by Gasteiger charge is -2.26. The number of aromatic nitrogens is 1. The second-order valence-corrected chi connectivity index (χ2v) is 7.72. The Morgan fingerprint density at radius 3 is 2.52 bits per heavy atom. The van der Waals surface area contributed by atoms with E-state index in [9.17, 15) is 13.2 Å². The van der Waals surface area contributed by atoms with Crippen molar-refractivity contribution in [2.45, 2.75) is 37.5 Å². The second-order valence-electron chi connectivity index (χ2n) is 5.95. The molecule has 118 valence electrons. The molecule has 1 saturated carbocycles. The van der Waals surface area contributed by atoms with E-state index in [4.69, 9.17) is 5.11 Å². The van der Waals surface area contributed by atoms with Crippen LogP contribution in [0.2, 0.25) is 0 Å². The molecule has 0 bridgehead atoms. The van der Waals surface area contributed by atoms with Crippen LogP contribution in [0, 0.1) is 11.8 Å². The molecule has 2 N–H and O–H groups in total. The summed E-state index contributed by atoms with van der Waals surface area (Å²) in [5.74, 6) is -0.0380. The van der Waals surface area contributed by atoms with Gasteiger partial charge in [0.15, 0.2) is 0 Å². The van der Waals surface area contributed by atoms with Crippen LogP contribution in [0.25, 0.3) is 0 Å². The molecule has 0 aliphatic heterocycles. The third-order valence-corrected chi connectivity index (χ3v) is 5.60. The average molecular weight is 314 g/mol. The van der Waals surface area contributed by atoms with E-state index in [1.165, 1.54) is 23.9 Å². The Balaban J connectivity index is 2.02. The van der Waals surface area contributed by atoms with Gasteiger partial charge in [-0.1, -0.05) is 19.8 Å². The Labute approximate surface area is 125 Å². The number of rotatable bonds is 5. The maximum atomic E-state index is 12.2. The van der Waals surface area contributed by atoms with Crippen molar-refractivity contribution in [1.29, 1.82) is 0 Å². The first kappa shape index (κ1) is 16.0. The molecule has 0 spiro atoms. The van der Waals surface area contributed by atoms with E-state index < -0.39 is 16.0 Å². The topological polar surface area (TPSA) is 88.4 Å². The van der Waals surface area contributed by atoms with E-state index >= 15 is 0 Å². The lowest BCUT2D eigenvalue weighted by Crippen LogP contribution is -2.31. The highest BCUT2D eigenvalue weighted by atomic mass is 32.2. The predicted molar refractivity (Wildman–Crippen MR) is 78.7 cm³/mol. The van der Waals surface area contributed by atoms with E-state index in [0.717, 1.165) is 31.6 Å². The van der Waals surface area contributed by atoms with Crippen molar-refractivity contribution >= 4 is 16.0 Å². The summed E-state index contributed by atoms with van der Waals surface area (Å²) in [7, 11) is -2.12. The van der Waals surface area contributed by atoms with Gasteiger partial charge in [-0.15, -0.1) is 0 Å². The van der Waals surface area contributed by atoms with Gasteiger partial charge in [0.1, 0.15) is 10.6 Å². The normalized spacial score (nSPS) is 23.1. The van der Waals surface area contributed by atoms with Gasteiger partial charge in [-0.2, -0.15) is 0 Å². The number of nitrogens with one attached hydrogen (secondary N) is 1. The number of hydrogen-bond donors (Lipinski definition) is 2. The third kappa shape index (κ3) is 3.85. The van der Waals surface area contributed by atoms with Crippen LogP contribution in [-0.2, 0) is 17.1 Å². The molecule has 1 heterocycles. The molecule has 1 aromatic heterocycles. The molecule has 0 saturated heterocycles. The summed E-state index contributed by atoms with van der Waals surface area (Å²) < 4.78 is 28.3. The van der Waals surface area contributed by atoms with E-state index in [1.807, 2.05) is 0 Å². The van der Waals surface area contributed by atoms with Gasteiger partial charge in [0.25, 0.3) is 0 Å². The number of aryl methyl sites for hydroxylation is 1. The zero-order chi connectivity index (χ0) is 15.6. The molecular formula is C14H22N2O4S. The standard InChI is InChI=1S/C14H22N2O4S/c1-10-3-5-11(6-4-10)8-15-21(19,20)12-7-13(14(17)18)16(2)9-12/h7,9-11,15H,3-6,8H2,1-2H3,(H,17,18). The first-order valence-electron chi connectivity index (χ1n) is 7.19. The molecule has 0 atom stereocenters. The number of carboxylic acids is 1. The SMILES string of the molecule is CC1CCC(CNS(=O)(=O)c2cc(C(=O)O)n(C)c2)CC1. The van der Waals surface area contributed by atoms with Crippen molar-refractivity contribution in [3.05, 3.63) is 18.0 Å². The second kappa shape index (κ2) is 6.19. The summed E-state index contributed by atoms with van der Waals surface area (Å²) in [6.45, 7) is 2.64. The smallest absolute Gasteiger partial charge is 0.352 e. The molecule has 0 radical (unpaired) electrons. The summed E-state index contributed by atoms with van der Waals surface area (Å²) in [5.41, 5.74) is -0.0399. The van der Waals surface area contributed by atoms with Gasteiger partial charge >= 0.3 is 5.97 Å². The van der Waals surface area contributed by atoms with E-state index in [2.05, 4.69) is 11.6 Å². The van der Waals surface area contributed by atoms with Crippen LogP contribution in [-0.4, -0.2) is 30.6 Å². The van der Waals surface area contributed by atoms with Crippen molar-refractivity contribution in [2.75, 3.05) is 6.54 Å². The highest BCUT2D eigenvalue weighted by Crippen LogP contribution is 2.28. The fourth-order valence-electron chi connectivity index (χ4n) is 2.74. The number of carboxylic acid groups (broad SMARTS) is 1. The molecule has 1 aromatic rings. The number of nitrogens with zero attached hydrogens (tertiary/aromatic N) is 1. The minimum absolute atomic E-state index is 0.00609. The first-order valence-corrected chi connectivity index (χ1v) is 8.67. The van der Waals surface area contributed by atoms with Crippen LogP contribution in [0.15, 0.2) is 17.2 Å². The predicted octanol–water partition coefficient (Wildman–Crippen LogP) is 1.83. The summed E-state index contributed by atoms with van der Waals surface area (Å²) in [6.07, 6.45) is 5.69. The molecule has 2 rings (SSSR count). The van der Waals surface area contributed by atoms with E-state index in [-0.39, 0.29) is 10.6 Å². The van der Waals surface area contributed by atoms with Gasteiger partial charge in [-0.05, 0) is 30.7 Å². The highest BCUT2D eigenvalue weighted by Gasteiger charge is 2.23. The first-order chi connectivity index (χ1) is 9.79. The Morgan fingerprint density at radius 2 is 2.00 bits per heavy atom. The van der Waals surface area contributed by atoms with Crippen LogP contribution in [0.4, 0.5) is 0 Å². The molecule has 0 unspecified atom stereocenters. The summed E-state index contributed by atoms with van der Waals surface area (Å²) in [4.78, 5) is 11.0. The van der Waals surface area contributed by atoms with Gasteiger partial charge in [-0.25, -0.2) is 17.9 Å². The molecule has 21 heavy (non-hydrogen) atoms. The van der Waals surface area contributed by atoms with Gasteiger partial charge in [0.05, 0.1) is 0 Å². The molecule has 1 fully saturated rings. The van der Waals surface area contributed by atoms with Crippen LogP contribution < -0.4 is 4.72 Å². The van der Waals surface area contributed by atoms with Crippen LogP contribution >= 0.6 is 0 Å². The van der Waals surface area contributed by atoms with E-state index in [1.54, 1.807) is 0 Å². The van der Waals surface area contributed by atoms with Crippen molar-refractivity contribution in [3.8, 4) is 0 Å². The molecular weight excluding hydrogens is 292 g/mol. The summed E-state index contributed by atoms with van der Waals surface area (Å²) in [6, 6.07) is 1.19. The zero-order valence-corrected chi connectivity index (χ0v) is 13.2. The fraction of sp³-hybridized carbons (Fsp3) is 0.643. The molecule has 0 aromatic carbocycles. The molecule has 1 aliphatic rings. The summed E-state index contributed by atoms with van der Waals surface area (Å²) >= 11 is 0. The molecule has 1 aliphatic carbocycles. The average Bonchev–Trinajstić information content (AvgIpc) is 2.81. The Bertz CT molecular complexity index is 613. The van der Waals surface area contributed by atoms with Gasteiger partial charge in [0.2, 0.25) is 10.0 Å². The fourth-order valence-corrected chi connectivity index (χ4v) is 3.92. The monoisotopic (exact) mass is 314 g/mol. The number of carbonyl (C=O) groups is 1. The number of hydrogen-bond acceptors (Lipinski definition) is 3. The lowest BCUT2D eigenvalue weighted by molar-refractivity contribution is 0.0686. The maximum absolute atomic E-state index is 12.2. The summed E-state index contributed by atoms with van der Waals surface area (Å²) in [5, 5.41) is 8.97. The molecule has 6 nitrogen and oxygen atoms in total. The quantitative estimate of drug-likeness (QED) is 0.868. The van der Waals surface area contributed by atoms with Gasteiger partial charge < -0.3 is 9.67 Å². The van der Waals surface area contributed by atoms with Crippen molar-refractivity contribution in [3.63, 3.8) is 0 Å². The maximum Gasteiger partial charge on any atom is 0.352 e. The van der Waals surface area contributed by atoms with Crippen molar-refractivity contribution < 1.29 is 18.3 Å². The van der Waals surface area contributed by atoms with Crippen LogP contribution in [0.1, 0.15) is 43.1 Å². The van der Waals surface area contributed by atoms with Gasteiger partial charge in [-0.3, -0.25) is 0 Å². The Kier molecular flexibility index (Phi) is 4.73. The Hall–Kier alpha value is -1.34. The lowest BCUT2D eigenvalue weighted by atomic mass is 9.83. The van der Waals surface area contributed by atoms with Crippen LogP contribution in [0.5, 0.6) is 0 Å². The van der Waals surface area contributed by atoms with E-state index in [0.29, 0.717) is 12.5 Å². The van der Waals surface area contributed by atoms with Crippen molar-refractivity contribution in [2.24, 2.45) is 18.9 Å². The minimum Gasteiger partial charge on any atom is -0.477 e. The van der Waals surface area contributed by atoms with Gasteiger partial charge in [0, 0.05) is 19.8 Å². The number of sulfonamides is 1. The minimum atomic E-state index is -3.64. The molecule has 0 amide bonds. The Morgan fingerprint density at radius 1 is 1.38 bits per heavy atom. The third-order valence-electron chi connectivity index (χ3n) is 4.21. The largest absolute Gasteiger partial charge is 0.477 e. The number of aromatic carboxylic acids is 1. The van der Waals surface area contributed by atoms with Crippen molar-refractivity contribution in [1.82, 2.24) is 9.29 Å². The molecule has 7 heteroatoms. The zero-order valence-electron chi connectivity index (χ0n) is 12.4. The highest BCUT2D eigenvalue weighted by molar-refractivity contribution is 7.89. The van der Waals surface area contributed by atoms with Crippen LogP contribution in [0.3, 0.4) is 0 Å².